The first-order valence-corrected chi connectivity index (χ1v) is 8.68. The van der Waals surface area contributed by atoms with E-state index < -0.39 is 10.7 Å². The van der Waals surface area contributed by atoms with Crippen molar-refractivity contribution in [2.45, 2.75) is 0 Å². The zero-order valence-electron chi connectivity index (χ0n) is 12.8. The van der Waals surface area contributed by atoms with Gasteiger partial charge in [-0.25, -0.2) is 9.37 Å². The summed E-state index contributed by atoms with van der Waals surface area (Å²) in [4.78, 5) is 18.3. The minimum atomic E-state index is -0.868. The third-order valence-electron chi connectivity index (χ3n) is 3.15. The smallest absolute Gasteiger partial charge is 0.272 e. The number of hydrogen-bond acceptors (Lipinski definition) is 6. The molecule has 132 valence electrons. The van der Waals surface area contributed by atoms with Crippen LogP contribution in [0.3, 0.4) is 0 Å². The van der Waals surface area contributed by atoms with Crippen LogP contribution in [0.4, 0.5) is 21.7 Å². The second kappa shape index (κ2) is 7.75. The molecule has 0 fully saturated rings. The lowest BCUT2D eigenvalue weighted by Crippen LogP contribution is -2.00. The third kappa shape index (κ3) is 4.33. The normalized spacial score (nSPS) is 10.4. The lowest BCUT2D eigenvalue weighted by Gasteiger charge is -2.10. The number of nitrogens with zero attached hydrogens (tertiary/aromatic N) is 3. The number of nitrogens with one attached hydrogen (secondary N) is 1. The summed E-state index contributed by atoms with van der Waals surface area (Å²) in [6, 6.07) is 10.5. The highest BCUT2D eigenvalue weighted by molar-refractivity contribution is 9.10. The second-order valence-corrected chi connectivity index (χ2v) is 6.72. The zero-order valence-corrected chi connectivity index (χ0v) is 16.0. The minimum Gasteiger partial charge on any atom is -0.435 e. The second-order valence-electron chi connectivity index (χ2n) is 4.95. The summed E-state index contributed by atoms with van der Waals surface area (Å²) < 4.78 is 20.8. The van der Waals surface area contributed by atoms with E-state index in [2.05, 4.69) is 47.1 Å². The standard InChI is InChI=1S/C16H9Br2FN4O3/c17-9-1-3-10(4-2-9)21-16-20-8-12(18)15(22-16)26-14-6-5-11(23(24)25)7-13(14)19/h1-8H,(H,20,21,22). The number of benzene rings is 2. The summed E-state index contributed by atoms with van der Waals surface area (Å²) in [5.74, 6) is -0.753. The molecule has 0 amide bonds. The Balaban J connectivity index is 1.84. The Hall–Kier alpha value is -2.59. The molecule has 0 saturated carbocycles. The molecule has 7 nitrogen and oxygen atoms in total. The van der Waals surface area contributed by atoms with Crippen LogP contribution in [0.1, 0.15) is 0 Å². The molecular formula is C16H9Br2FN4O3. The topological polar surface area (TPSA) is 90.2 Å². The largest absolute Gasteiger partial charge is 0.435 e. The van der Waals surface area contributed by atoms with Gasteiger partial charge in [-0.15, -0.1) is 0 Å². The Morgan fingerprint density at radius 3 is 2.54 bits per heavy atom. The van der Waals surface area contributed by atoms with Gasteiger partial charge in [-0.3, -0.25) is 10.1 Å². The third-order valence-corrected chi connectivity index (χ3v) is 4.22. The Morgan fingerprint density at radius 1 is 1.15 bits per heavy atom. The summed E-state index contributed by atoms with van der Waals surface area (Å²) >= 11 is 6.58. The minimum absolute atomic E-state index is 0.0624. The Labute approximate surface area is 163 Å². The quantitative estimate of drug-likeness (QED) is 0.376. The Bertz CT molecular complexity index is 970. The molecule has 1 N–H and O–H groups in total. The van der Waals surface area contributed by atoms with Gasteiger partial charge in [-0.05, 0) is 46.3 Å². The van der Waals surface area contributed by atoms with E-state index in [9.17, 15) is 14.5 Å². The van der Waals surface area contributed by atoms with Gasteiger partial charge in [0, 0.05) is 16.2 Å². The van der Waals surface area contributed by atoms with Crippen molar-refractivity contribution in [3.8, 4) is 11.6 Å². The number of hydrogen-bond donors (Lipinski definition) is 1. The molecule has 0 bridgehead atoms. The van der Waals surface area contributed by atoms with Crippen molar-refractivity contribution in [1.29, 1.82) is 0 Å². The maximum Gasteiger partial charge on any atom is 0.272 e. The average molecular weight is 484 g/mol. The van der Waals surface area contributed by atoms with Crippen molar-refractivity contribution in [3.63, 3.8) is 0 Å². The van der Waals surface area contributed by atoms with Crippen LogP contribution in [0.15, 0.2) is 57.6 Å². The molecule has 0 saturated heterocycles. The first-order chi connectivity index (χ1) is 12.4. The fourth-order valence-corrected chi connectivity index (χ4v) is 2.47. The van der Waals surface area contributed by atoms with Crippen molar-refractivity contribution in [2.24, 2.45) is 0 Å². The Morgan fingerprint density at radius 2 is 1.88 bits per heavy atom. The number of anilines is 2. The number of rotatable bonds is 5. The van der Waals surface area contributed by atoms with Gasteiger partial charge in [0.15, 0.2) is 11.6 Å². The molecule has 26 heavy (non-hydrogen) atoms. The van der Waals surface area contributed by atoms with Gasteiger partial charge in [0.25, 0.3) is 5.69 Å². The van der Waals surface area contributed by atoms with E-state index in [1.165, 1.54) is 12.3 Å². The summed E-state index contributed by atoms with van der Waals surface area (Å²) in [7, 11) is 0. The van der Waals surface area contributed by atoms with Gasteiger partial charge in [0.05, 0.1) is 21.7 Å². The molecular weight excluding hydrogens is 475 g/mol. The predicted molar refractivity (Wildman–Crippen MR) is 100 cm³/mol. The summed E-state index contributed by atoms with van der Waals surface area (Å²) in [6.07, 6.45) is 1.45. The van der Waals surface area contributed by atoms with Crippen LogP contribution in [0.5, 0.6) is 11.6 Å². The highest BCUT2D eigenvalue weighted by atomic mass is 79.9. The van der Waals surface area contributed by atoms with Crippen LogP contribution < -0.4 is 10.1 Å². The predicted octanol–water partition coefficient (Wildman–Crippen LogP) is 5.58. The average Bonchev–Trinajstić information content (AvgIpc) is 2.61. The van der Waals surface area contributed by atoms with Crippen LogP contribution >= 0.6 is 31.9 Å². The molecule has 0 atom stereocenters. The van der Waals surface area contributed by atoms with E-state index >= 15 is 0 Å². The molecule has 0 aliphatic rings. The molecule has 1 aromatic heterocycles. The van der Waals surface area contributed by atoms with Crippen molar-refractivity contribution in [2.75, 3.05) is 5.32 Å². The first-order valence-electron chi connectivity index (χ1n) is 7.09. The first kappa shape index (κ1) is 18.2. The SMILES string of the molecule is O=[N+]([O-])c1ccc(Oc2nc(Nc3ccc(Br)cc3)ncc2Br)c(F)c1. The van der Waals surface area contributed by atoms with E-state index in [4.69, 9.17) is 4.74 Å². The van der Waals surface area contributed by atoms with E-state index in [1.54, 1.807) is 0 Å². The monoisotopic (exact) mass is 482 g/mol. The number of aromatic nitrogens is 2. The van der Waals surface area contributed by atoms with Gasteiger partial charge < -0.3 is 10.1 Å². The highest BCUT2D eigenvalue weighted by Crippen LogP contribution is 2.31. The molecule has 0 aliphatic heterocycles. The van der Waals surface area contributed by atoms with E-state index in [-0.39, 0.29) is 23.3 Å². The molecule has 0 unspecified atom stereocenters. The Kier molecular flexibility index (Phi) is 5.43. The summed E-state index contributed by atoms with van der Waals surface area (Å²) in [5.41, 5.74) is 0.386. The number of halogens is 3. The maximum absolute atomic E-state index is 14.0. The van der Waals surface area contributed by atoms with Crippen LogP contribution in [0.2, 0.25) is 0 Å². The van der Waals surface area contributed by atoms with Crippen LogP contribution in [0.25, 0.3) is 0 Å². The van der Waals surface area contributed by atoms with Gasteiger partial charge >= 0.3 is 0 Å². The highest BCUT2D eigenvalue weighted by Gasteiger charge is 2.15. The lowest BCUT2D eigenvalue weighted by atomic mass is 10.3. The van der Waals surface area contributed by atoms with Crippen molar-refractivity contribution in [1.82, 2.24) is 9.97 Å². The van der Waals surface area contributed by atoms with Crippen molar-refractivity contribution < 1.29 is 14.1 Å². The maximum atomic E-state index is 14.0. The molecule has 1 heterocycles. The molecule has 2 aromatic carbocycles. The van der Waals surface area contributed by atoms with Crippen LogP contribution in [-0.4, -0.2) is 14.9 Å². The van der Waals surface area contributed by atoms with Gasteiger partial charge in [-0.2, -0.15) is 4.98 Å². The molecule has 0 aliphatic carbocycles. The molecule has 10 heteroatoms. The summed E-state index contributed by atoms with van der Waals surface area (Å²) in [6.45, 7) is 0. The number of nitro benzene ring substituents is 1. The number of ether oxygens (including phenoxy) is 1. The fraction of sp³-hybridized carbons (Fsp3) is 0. The van der Waals surface area contributed by atoms with Crippen molar-refractivity contribution in [3.05, 3.63) is 73.5 Å². The lowest BCUT2D eigenvalue weighted by molar-refractivity contribution is -0.385. The molecule has 3 rings (SSSR count). The van der Waals surface area contributed by atoms with E-state index in [0.717, 1.165) is 22.3 Å². The van der Waals surface area contributed by atoms with Gasteiger partial charge in [0.2, 0.25) is 11.8 Å². The van der Waals surface area contributed by atoms with Gasteiger partial charge in [-0.1, -0.05) is 15.9 Å². The van der Waals surface area contributed by atoms with E-state index in [0.29, 0.717) is 4.47 Å². The molecule has 0 radical (unpaired) electrons. The molecule has 0 spiro atoms. The summed E-state index contributed by atoms with van der Waals surface area (Å²) in [5, 5.41) is 13.7. The number of non-ortho nitro benzene ring substituents is 1. The fourth-order valence-electron chi connectivity index (χ4n) is 1.94. The number of nitro groups is 1. The van der Waals surface area contributed by atoms with Crippen molar-refractivity contribution >= 4 is 49.2 Å². The van der Waals surface area contributed by atoms with Gasteiger partial charge in [0.1, 0.15) is 0 Å². The molecule has 3 aromatic rings. The zero-order chi connectivity index (χ0) is 18.7. The van der Waals surface area contributed by atoms with E-state index in [1.807, 2.05) is 24.3 Å². The van der Waals surface area contributed by atoms with Crippen LogP contribution in [0, 0.1) is 15.9 Å². The van der Waals surface area contributed by atoms with Crippen LogP contribution in [-0.2, 0) is 0 Å².